The third-order valence-electron chi connectivity index (χ3n) is 1.73. The first kappa shape index (κ1) is 16.6. The van der Waals surface area contributed by atoms with Crippen molar-refractivity contribution < 1.29 is 21.6 Å². The molecule has 0 heterocycles. The van der Waals surface area contributed by atoms with Gasteiger partial charge in [0.1, 0.15) is 0 Å². The van der Waals surface area contributed by atoms with Crippen molar-refractivity contribution in [3.63, 3.8) is 0 Å². The van der Waals surface area contributed by atoms with Gasteiger partial charge < -0.3 is 4.79 Å². The van der Waals surface area contributed by atoms with E-state index >= 15 is 0 Å². The Labute approximate surface area is 103 Å². The average Bonchev–Trinajstić information content (AvgIpc) is 2.83. The Kier molecular flexibility index (Phi) is 12.4. The van der Waals surface area contributed by atoms with Gasteiger partial charge in [-0.15, -0.1) is 12.8 Å². The second kappa shape index (κ2) is 11.2. The maximum absolute atomic E-state index is 7.75. The van der Waals surface area contributed by atoms with E-state index in [1.165, 1.54) is 11.1 Å². The molecule has 2 aliphatic rings. The Morgan fingerprint density at radius 2 is 1.33 bits per heavy atom. The monoisotopic (exact) mass is 246 g/mol. The van der Waals surface area contributed by atoms with Crippen LogP contribution in [-0.2, 0) is 21.6 Å². The van der Waals surface area contributed by atoms with E-state index in [2.05, 4.69) is 57.1 Å². The Bertz CT molecular complexity index is 239. The van der Waals surface area contributed by atoms with E-state index in [-0.39, 0.29) is 16.8 Å². The minimum Gasteiger partial charge on any atom is -0.545 e. The first-order valence-electron chi connectivity index (χ1n) is 4.50. The maximum Gasteiger partial charge on any atom is 3.00 e. The summed E-state index contributed by atoms with van der Waals surface area (Å²) >= 11 is 0. The Morgan fingerprint density at radius 3 is 1.40 bits per heavy atom. The van der Waals surface area contributed by atoms with Crippen molar-refractivity contribution >= 4 is 6.79 Å². The molecule has 0 aliphatic heterocycles. The largest absolute Gasteiger partial charge is 3.00 e. The van der Waals surface area contributed by atoms with E-state index in [0.29, 0.717) is 0 Å². The molecule has 0 radical (unpaired) electrons. The van der Waals surface area contributed by atoms with Gasteiger partial charge in [-0.2, -0.15) is 12.2 Å². The molecule has 0 fully saturated rings. The molecular weight excluding hydrogens is 231 g/mol. The topological polar surface area (TPSA) is 17.1 Å². The molecular formula is C13H15CoO. The van der Waals surface area contributed by atoms with Gasteiger partial charge in [0.2, 0.25) is 0 Å². The molecule has 0 aromatic rings. The van der Waals surface area contributed by atoms with Crippen LogP contribution in [0.25, 0.3) is 0 Å². The molecule has 2 heteroatoms. The van der Waals surface area contributed by atoms with Crippen LogP contribution in [0.5, 0.6) is 0 Å². The van der Waals surface area contributed by atoms with Gasteiger partial charge in [0.15, 0.2) is 0 Å². The fourth-order valence-electron chi connectivity index (χ4n) is 1.03. The van der Waals surface area contributed by atoms with Crippen molar-refractivity contribution in [1.29, 1.82) is 0 Å². The summed E-state index contributed by atoms with van der Waals surface area (Å²) in [7, 11) is 0. The van der Waals surface area contributed by atoms with Crippen molar-refractivity contribution in [3.05, 3.63) is 47.6 Å². The van der Waals surface area contributed by atoms with E-state index in [1.54, 1.807) is 0 Å². The predicted molar refractivity (Wildman–Crippen MR) is 59.1 cm³/mol. The molecule has 0 atom stereocenters. The molecule has 0 amide bonds. The van der Waals surface area contributed by atoms with E-state index < -0.39 is 0 Å². The van der Waals surface area contributed by atoms with Crippen LogP contribution in [0, 0.1) is 12.2 Å². The van der Waals surface area contributed by atoms with Gasteiger partial charge in [-0.1, -0.05) is 13.8 Å². The molecule has 0 bridgehead atoms. The van der Waals surface area contributed by atoms with E-state index in [0.717, 1.165) is 12.8 Å². The van der Waals surface area contributed by atoms with Gasteiger partial charge in [-0.3, -0.25) is 18.9 Å². The average molecular weight is 246 g/mol. The number of hydrogen-bond donors (Lipinski definition) is 0. The van der Waals surface area contributed by atoms with E-state index in [9.17, 15) is 0 Å². The fourth-order valence-corrected chi connectivity index (χ4v) is 1.03. The molecule has 0 aromatic carbocycles. The zero-order chi connectivity index (χ0) is 10.8. The Hall–Kier alpha value is -0.864. The summed E-state index contributed by atoms with van der Waals surface area (Å²) in [4.78, 5) is 7.75. The SMILES string of the molecule is CC1=[C-]CC=C1.CC1=[C-]CC=C1.[CH-]=O.[Co+3]. The van der Waals surface area contributed by atoms with Crippen molar-refractivity contribution in [2.24, 2.45) is 0 Å². The molecule has 82 valence electrons. The molecule has 0 N–H and O–H groups in total. The summed E-state index contributed by atoms with van der Waals surface area (Å²) < 4.78 is 0. The molecule has 2 aliphatic carbocycles. The summed E-state index contributed by atoms with van der Waals surface area (Å²) in [5, 5.41) is 0. The summed E-state index contributed by atoms with van der Waals surface area (Å²) in [6.07, 6.45) is 16.7. The molecule has 0 saturated heterocycles. The fraction of sp³-hybridized carbons (Fsp3) is 0.308. The van der Waals surface area contributed by atoms with Crippen LogP contribution in [0.15, 0.2) is 35.5 Å². The van der Waals surface area contributed by atoms with Gasteiger partial charge in [0, 0.05) is 0 Å². The summed E-state index contributed by atoms with van der Waals surface area (Å²) in [5.74, 6) is 0. The van der Waals surface area contributed by atoms with Gasteiger partial charge in [-0.05, 0) is 0 Å². The minimum atomic E-state index is 0. The van der Waals surface area contributed by atoms with Crippen LogP contribution in [0.4, 0.5) is 0 Å². The van der Waals surface area contributed by atoms with E-state index in [1.807, 2.05) is 0 Å². The Balaban J connectivity index is 0. The van der Waals surface area contributed by atoms with Crippen LogP contribution < -0.4 is 0 Å². The molecule has 1 nitrogen and oxygen atoms in total. The van der Waals surface area contributed by atoms with Crippen molar-refractivity contribution in [3.8, 4) is 0 Å². The predicted octanol–water partition coefficient (Wildman–Crippen LogP) is 3.11. The van der Waals surface area contributed by atoms with Crippen LogP contribution >= 0.6 is 0 Å². The van der Waals surface area contributed by atoms with Crippen LogP contribution in [0.3, 0.4) is 0 Å². The first-order chi connectivity index (χ1) is 6.79. The smallest absolute Gasteiger partial charge is 0.545 e. The maximum atomic E-state index is 7.75. The van der Waals surface area contributed by atoms with Crippen LogP contribution in [0.1, 0.15) is 26.7 Å². The summed E-state index contributed by atoms with van der Waals surface area (Å²) in [6.45, 7) is 7.37. The number of hydrogen-bond acceptors (Lipinski definition) is 1. The third-order valence-corrected chi connectivity index (χ3v) is 1.73. The van der Waals surface area contributed by atoms with Crippen molar-refractivity contribution in [1.82, 2.24) is 0 Å². The van der Waals surface area contributed by atoms with Crippen LogP contribution in [0.2, 0.25) is 0 Å². The molecule has 0 saturated carbocycles. The zero-order valence-electron chi connectivity index (χ0n) is 9.04. The van der Waals surface area contributed by atoms with Gasteiger partial charge in [0.05, 0.1) is 0 Å². The Morgan fingerprint density at radius 1 is 1.00 bits per heavy atom. The standard InChI is InChI=1S/2C6H7.CHO.Co/c2*1-6-4-2-3-5-6;1-2;/h2*2,4H,3H2,1H3;1H;/q3*-1;+3. The van der Waals surface area contributed by atoms with Gasteiger partial charge >= 0.3 is 16.8 Å². The third kappa shape index (κ3) is 9.44. The molecule has 0 spiro atoms. The summed E-state index contributed by atoms with van der Waals surface area (Å²) in [6, 6.07) is 0. The summed E-state index contributed by atoms with van der Waals surface area (Å²) in [5.41, 5.74) is 2.55. The van der Waals surface area contributed by atoms with E-state index in [4.69, 9.17) is 4.79 Å². The van der Waals surface area contributed by atoms with Gasteiger partial charge in [-0.25, -0.2) is 23.3 Å². The quantitative estimate of drug-likeness (QED) is 0.474. The van der Waals surface area contributed by atoms with Gasteiger partial charge in [0.25, 0.3) is 0 Å². The molecule has 15 heavy (non-hydrogen) atoms. The van der Waals surface area contributed by atoms with Crippen LogP contribution in [-0.4, -0.2) is 6.79 Å². The van der Waals surface area contributed by atoms with Crippen molar-refractivity contribution in [2.75, 3.05) is 0 Å². The molecule has 2 rings (SSSR count). The zero-order valence-corrected chi connectivity index (χ0v) is 10.1. The second-order valence-electron chi connectivity index (χ2n) is 2.93. The number of rotatable bonds is 0. The second-order valence-corrected chi connectivity index (χ2v) is 2.93. The number of carbonyl (C=O) groups excluding carboxylic acids is 1. The molecule has 0 aromatic heterocycles. The first-order valence-corrected chi connectivity index (χ1v) is 4.50. The molecule has 0 unspecified atom stereocenters. The normalized spacial score (nSPS) is 15.1. The van der Waals surface area contributed by atoms with Crippen molar-refractivity contribution in [2.45, 2.75) is 26.7 Å². The number of allylic oxidation sites excluding steroid dienone is 8. The minimum absolute atomic E-state index is 0.